The van der Waals surface area contributed by atoms with Gasteiger partial charge in [-0.25, -0.2) is 4.79 Å². The van der Waals surface area contributed by atoms with Crippen molar-refractivity contribution < 1.29 is 9.90 Å². The highest BCUT2D eigenvalue weighted by atomic mass is 32.1. The Morgan fingerprint density at radius 1 is 1.56 bits per heavy atom. The first kappa shape index (κ1) is 12.1. The maximum Gasteiger partial charge on any atom is 0.329 e. The molecule has 8 heteroatoms. The highest BCUT2D eigenvalue weighted by Gasteiger charge is 2.16. The standard InChI is InChI=1S/C8H9N3O4S/c1-11-7(14)5(3(16)2-4(12)13)6(9)10-8(11)15/h2,9H2,1H3,(H,10,15)(H,12,13). The predicted molar refractivity (Wildman–Crippen MR) is 60.7 cm³/mol. The number of nitrogen functional groups attached to an aromatic ring is 1. The van der Waals surface area contributed by atoms with Gasteiger partial charge in [-0.1, -0.05) is 12.2 Å². The summed E-state index contributed by atoms with van der Waals surface area (Å²) < 4.78 is 0.778. The fourth-order valence-electron chi connectivity index (χ4n) is 1.13. The van der Waals surface area contributed by atoms with E-state index in [1.165, 1.54) is 7.05 Å². The Kier molecular flexibility index (Phi) is 3.23. The third-order valence-corrected chi connectivity index (χ3v) is 2.27. The molecule has 4 N–H and O–H groups in total. The molecule has 7 nitrogen and oxygen atoms in total. The van der Waals surface area contributed by atoms with E-state index in [0.29, 0.717) is 0 Å². The molecule has 0 bridgehead atoms. The number of nitrogens with one attached hydrogen (secondary N) is 1. The maximum atomic E-state index is 11.6. The molecule has 0 saturated heterocycles. The van der Waals surface area contributed by atoms with Gasteiger partial charge >= 0.3 is 11.7 Å². The summed E-state index contributed by atoms with van der Waals surface area (Å²) in [6.07, 6.45) is -0.485. The van der Waals surface area contributed by atoms with Crippen molar-refractivity contribution >= 4 is 28.9 Å². The number of aromatic nitrogens is 2. The van der Waals surface area contributed by atoms with Gasteiger partial charge in [-0.2, -0.15) is 0 Å². The van der Waals surface area contributed by atoms with E-state index in [4.69, 9.17) is 23.1 Å². The van der Waals surface area contributed by atoms with Crippen LogP contribution in [0.4, 0.5) is 5.82 Å². The summed E-state index contributed by atoms with van der Waals surface area (Å²) in [5, 5.41) is 8.54. The van der Waals surface area contributed by atoms with Crippen LogP contribution in [-0.4, -0.2) is 25.5 Å². The van der Waals surface area contributed by atoms with Gasteiger partial charge in [0.25, 0.3) is 5.56 Å². The predicted octanol–water partition coefficient (Wildman–Crippen LogP) is -1.15. The van der Waals surface area contributed by atoms with Crippen LogP contribution >= 0.6 is 12.2 Å². The lowest BCUT2D eigenvalue weighted by atomic mass is 10.1. The molecule has 86 valence electrons. The zero-order chi connectivity index (χ0) is 12.5. The van der Waals surface area contributed by atoms with Crippen molar-refractivity contribution in [1.82, 2.24) is 9.55 Å². The highest BCUT2D eigenvalue weighted by molar-refractivity contribution is 7.81. The van der Waals surface area contributed by atoms with Crippen molar-refractivity contribution in [3.63, 3.8) is 0 Å². The summed E-state index contributed by atoms with van der Waals surface area (Å²) in [7, 11) is 1.24. The Labute approximate surface area is 94.5 Å². The molecule has 1 aromatic rings. The van der Waals surface area contributed by atoms with Crippen molar-refractivity contribution in [2.75, 3.05) is 5.73 Å². The minimum absolute atomic E-state index is 0.109. The van der Waals surface area contributed by atoms with E-state index < -0.39 is 23.6 Å². The number of thiocarbonyl (C=S) groups is 1. The van der Waals surface area contributed by atoms with Crippen molar-refractivity contribution in [1.29, 1.82) is 0 Å². The van der Waals surface area contributed by atoms with Crippen LogP contribution < -0.4 is 17.0 Å². The van der Waals surface area contributed by atoms with Gasteiger partial charge in [0.15, 0.2) is 0 Å². The number of aromatic amines is 1. The zero-order valence-electron chi connectivity index (χ0n) is 8.31. The molecule has 0 aliphatic heterocycles. The normalized spacial score (nSPS) is 10.1. The van der Waals surface area contributed by atoms with Crippen LogP contribution in [0.25, 0.3) is 0 Å². The first-order valence-corrected chi connectivity index (χ1v) is 4.59. The molecule has 0 radical (unpaired) electrons. The number of hydrogen-bond donors (Lipinski definition) is 3. The second-order valence-corrected chi connectivity index (χ2v) is 3.57. The molecular weight excluding hydrogens is 234 g/mol. The highest BCUT2D eigenvalue weighted by Crippen LogP contribution is 2.05. The average Bonchev–Trinajstić information content (AvgIpc) is 2.13. The molecule has 1 aromatic heterocycles. The molecule has 0 saturated carbocycles. The van der Waals surface area contributed by atoms with Crippen molar-refractivity contribution in [2.45, 2.75) is 6.42 Å². The Balaban J connectivity index is 3.41. The molecule has 0 amide bonds. The second kappa shape index (κ2) is 4.27. The van der Waals surface area contributed by atoms with Gasteiger partial charge in [-0.15, -0.1) is 0 Å². The third kappa shape index (κ3) is 2.16. The van der Waals surface area contributed by atoms with Crippen LogP contribution in [0.3, 0.4) is 0 Å². The van der Waals surface area contributed by atoms with E-state index in [2.05, 4.69) is 4.98 Å². The lowest BCUT2D eigenvalue weighted by Gasteiger charge is -2.06. The van der Waals surface area contributed by atoms with E-state index in [1.54, 1.807) is 0 Å². The molecule has 0 aliphatic rings. The summed E-state index contributed by atoms with van der Waals surface area (Å²) in [5.41, 5.74) is 3.90. The van der Waals surface area contributed by atoms with E-state index in [1.807, 2.05) is 0 Å². The van der Waals surface area contributed by atoms with E-state index in [0.717, 1.165) is 4.57 Å². The average molecular weight is 243 g/mol. The summed E-state index contributed by atoms with van der Waals surface area (Å²) in [5.74, 6) is -1.38. The summed E-state index contributed by atoms with van der Waals surface area (Å²) in [4.78, 5) is 35.3. The van der Waals surface area contributed by atoms with Crippen LogP contribution in [0, 0.1) is 0 Å². The van der Waals surface area contributed by atoms with Gasteiger partial charge in [0.05, 0.1) is 12.0 Å². The van der Waals surface area contributed by atoms with Crippen LogP contribution in [0.1, 0.15) is 12.0 Å². The SMILES string of the molecule is Cn1c(=O)[nH]c(N)c(C(=S)CC(=O)O)c1=O. The topological polar surface area (TPSA) is 118 Å². The molecule has 1 rings (SSSR count). The quantitative estimate of drug-likeness (QED) is 0.455. The fraction of sp³-hybridized carbons (Fsp3) is 0.250. The van der Waals surface area contributed by atoms with Gasteiger partial charge in [0.1, 0.15) is 5.82 Å². The Morgan fingerprint density at radius 3 is 2.62 bits per heavy atom. The molecule has 0 fully saturated rings. The smallest absolute Gasteiger partial charge is 0.329 e. The molecule has 0 atom stereocenters. The number of nitrogens with zero attached hydrogens (tertiary/aromatic N) is 1. The number of H-pyrrole nitrogens is 1. The maximum absolute atomic E-state index is 11.6. The van der Waals surface area contributed by atoms with E-state index in [-0.39, 0.29) is 16.2 Å². The molecule has 0 spiro atoms. The number of carbonyl (C=O) groups is 1. The summed E-state index contributed by atoms with van der Waals surface area (Å²) >= 11 is 4.78. The number of hydrogen-bond acceptors (Lipinski definition) is 5. The second-order valence-electron chi connectivity index (χ2n) is 3.08. The molecule has 0 aliphatic carbocycles. The fourth-order valence-corrected chi connectivity index (χ4v) is 1.45. The Morgan fingerprint density at radius 2 is 2.12 bits per heavy atom. The molecular formula is C8H9N3O4S. The van der Waals surface area contributed by atoms with Crippen molar-refractivity contribution in [3.8, 4) is 0 Å². The molecule has 16 heavy (non-hydrogen) atoms. The number of nitrogens with two attached hydrogens (primary N) is 1. The van der Waals surface area contributed by atoms with Crippen LogP contribution in [0.15, 0.2) is 9.59 Å². The van der Waals surface area contributed by atoms with Crippen molar-refractivity contribution in [3.05, 3.63) is 26.4 Å². The van der Waals surface area contributed by atoms with Gasteiger partial charge in [0.2, 0.25) is 0 Å². The van der Waals surface area contributed by atoms with Crippen LogP contribution in [0.5, 0.6) is 0 Å². The first-order valence-electron chi connectivity index (χ1n) is 4.18. The van der Waals surface area contributed by atoms with E-state index >= 15 is 0 Å². The largest absolute Gasteiger partial charge is 0.481 e. The van der Waals surface area contributed by atoms with Gasteiger partial charge in [-0.05, 0) is 0 Å². The summed E-state index contributed by atoms with van der Waals surface area (Å²) in [6.45, 7) is 0. The Hall–Kier alpha value is -1.96. The monoisotopic (exact) mass is 243 g/mol. The van der Waals surface area contributed by atoms with Gasteiger partial charge < -0.3 is 10.8 Å². The Bertz CT molecular complexity index is 572. The lowest BCUT2D eigenvalue weighted by molar-refractivity contribution is -0.135. The van der Waals surface area contributed by atoms with Crippen LogP contribution in [0.2, 0.25) is 0 Å². The number of rotatable bonds is 3. The first-order chi connectivity index (χ1) is 7.34. The molecule has 0 aromatic carbocycles. The third-order valence-electron chi connectivity index (χ3n) is 1.92. The number of aliphatic carboxylic acids is 1. The molecule has 1 heterocycles. The summed E-state index contributed by atoms with van der Waals surface area (Å²) in [6, 6.07) is 0. The van der Waals surface area contributed by atoms with Gasteiger partial charge in [0, 0.05) is 11.9 Å². The minimum atomic E-state index is -1.17. The molecule has 0 unspecified atom stereocenters. The number of carboxylic acids is 1. The van der Waals surface area contributed by atoms with E-state index in [9.17, 15) is 14.4 Å². The van der Waals surface area contributed by atoms with Crippen LogP contribution in [-0.2, 0) is 11.8 Å². The number of carboxylic acid groups (broad SMARTS) is 1. The zero-order valence-corrected chi connectivity index (χ0v) is 9.13. The lowest BCUT2D eigenvalue weighted by Crippen LogP contribution is -2.37. The van der Waals surface area contributed by atoms with Crippen molar-refractivity contribution in [2.24, 2.45) is 7.05 Å². The van der Waals surface area contributed by atoms with Gasteiger partial charge in [-0.3, -0.25) is 19.1 Å². The number of anilines is 1. The minimum Gasteiger partial charge on any atom is -0.481 e.